The Morgan fingerprint density at radius 2 is 1.76 bits per heavy atom. The van der Waals surface area contributed by atoms with Crippen molar-refractivity contribution in [2.75, 3.05) is 4.90 Å². The second-order valence-corrected chi connectivity index (χ2v) is 8.73. The van der Waals surface area contributed by atoms with Crippen LogP contribution in [0.3, 0.4) is 0 Å². The largest absolute Gasteiger partial charge is 0.506 e. The smallest absolute Gasteiger partial charge is 0.174 e. The summed E-state index contributed by atoms with van der Waals surface area (Å²) in [5, 5.41) is 14.7. The van der Waals surface area contributed by atoms with E-state index in [1.807, 2.05) is 60.5 Å². The summed E-state index contributed by atoms with van der Waals surface area (Å²) in [4.78, 5) is 11.3. The van der Waals surface area contributed by atoms with E-state index in [1.165, 1.54) is 0 Å². The first-order valence-corrected chi connectivity index (χ1v) is 11.3. The molecule has 1 fully saturated rings. The van der Waals surface area contributed by atoms with Gasteiger partial charge < -0.3 is 19.9 Å². The molecule has 2 atom stereocenters. The summed E-state index contributed by atoms with van der Waals surface area (Å²) < 4.78 is 2.16. The number of rotatable bonds is 4. The second-order valence-electron chi connectivity index (χ2n) is 8.34. The predicted octanol–water partition coefficient (Wildman–Crippen LogP) is 5.08. The van der Waals surface area contributed by atoms with E-state index in [-0.39, 0.29) is 17.8 Å². The minimum atomic E-state index is -0.203. The number of para-hydroxylation sites is 2. The Morgan fingerprint density at radius 1 is 0.970 bits per heavy atom. The molecular formula is C26H25N5OS. The molecule has 0 bridgehead atoms. The van der Waals surface area contributed by atoms with Gasteiger partial charge in [0.2, 0.25) is 0 Å². The molecule has 0 radical (unpaired) electrons. The zero-order chi connectivity index (χ0) is 23.1. The molecule has 0 spiro atoms. The van der Waals surface area contributed by atoms with Crippen LogP contribution in [0.4, 0.5) is 5.69 Å². The van der Waals surface area contributed by atoms with E-state index in [4.69, 9.17) is 12.2 Å². The lowest BCUT2D eigenvalue weighted by molar-refractivity contribution is 0.472. The van der Waals surface area contributed by atoms with E-state index in [9.17, 15) is 5.11 Å². The zero-order valence-electron chi connectivity index (χ0n) is 18.7. The van der Waals surface area contributed by atoms with E-state index in [0.29, 0.717) is 10.8 Å². The quantitative estimate of drug-likeness (QED) is 0.419. The average molecular weight is 456 g/mol. The maximum Gasteiger partial charge on any atom is 0.174 e. The Balaban J connectivity index is 1.69. The van der Waals surface area contributed by atoms with Gasteiger partial charge in [0.25, 0.3) is 0 Å². The molecule has 33 heavy (non-hydrogen) atoms. The molecule has 4 aromatic rings. The average Bonchev–Trinajstić information content (AvgIpc) is 3.31. The lowest BCUT2D eigenvalue weighted by Crippen LogP contribution is -2.29. The summed E-state index contributed by atoms with van der Waals surface area (Å²) in [6.45, 7) is 6.22. The molecule has 1 aromatic carbocycles. The molecule has 1 aliphatic rings. The van der Waals surface area contributed by atoms with E-state index < -0.39 is 0 Å². The standard InChI is InChI=1S/C26H25N5OS/c1-16-11-12-23(28-15-16)30-17(2)14-19(18(30)3)25-24(20-8-6-7-13-27-20)29-26(33)31(25)21-9-4-5-10-22(21)32/h4-15,24-25,32H,1-3H3,(H,29,33)/t24-,25-/m0/s1. The summed E-state index contributed by atoms with van der Waals surface area (Å²) in [6.07, 6.45) is 3.67. The van der Waals surface area contributed by atoms with Crippen molar-refractivity contribution in [1.82, 2.24) is 19.9 Å². The van der Waals surface area contributed by atoms with E-state index >= 15 is 0 Å². The number of aryl methyl sites for hydroxylation is 2. The maximum atomic E-state index is 10.7. The van der Waals surface area contributed by atoms with Crippen LogP contribution >= 0.6 is 12.2 Å². The topological polar surface area (TPSA) is 66.2 Å². The molecule has 0 amide bonds. The SMILES string of the molecule is Cc1ccc(-n2c(C)cc([C@H]3[C@H](c4ccccn4)NC(=S)N3c3ccccc3O)c2C)nc1. The fourth-order valence-electron chi connectivity index (χ4n) is 4.63. The minimum Gasteiger partial charge on any atom is -0.506 e. The number of anilines is 1. The third kappa shape index (κ3) is 3.64. The lowest BCUT2D eigenvalue weighted by atomic mass is 9.96. The van der Waals surface area contributed by atoms with Gasteiger partial charge in [0, 0.05) is 23.8 Å². The summed E-state index contributed by atoms with van der Waals surface area (Å²) in [5.74, 6) is 1.06. The van der Waals surface area contributed by atoms with Crippen LogP contribution in [0.15, 0.2) is 73.1 Å². The monoisotopic (exact) mass is 455 g/mol. The van der Waals surface area contributed by atoms with Gasteiger partial charge >= 0.3 is 0 Å². The van der Waals surface area contributed by atoms with Crippen LogP contribution in [-0.4, -0.2) is 24.8 Å². The molecule has 0 aliphatic carbocycles. The van der Waals surface area contributed by atoms with Gasteiger partial charge in [-0.15, -0.1) is 0 Å². The van der Waals surface area contributed by atoms with Gasteiger partial charge in [-0.2, -0.15) is 0 Å². The second kappa shape index (κ2) is 8.33. The number of nitrogens with zero attached hydrogens (tertiary/aromatic N) is 4. The summed E-state index contributed by atoms with van der Waals surface area (Å²) in [7, 11) is 0. The van der Waals surface area contributed by atoms with Crippen LogP contribution in [0.25, 0.3) is 5.82 Å². The molecule has 0 unspecified atom stereocenters. The first-order chi connectivity index (χ1) is 16.0. The van der Waals surface area contributed by atoms with Crippen molar-refractivity contribution in [2.45, 2.75) is 32.9 Å². The van der Waals surface area contributed by atoms with Crippen molar-refractivity contribution < 1.29 is 5.11 Å². The molecule has 2 N–H and O–H groups in total. The normalized spacial score (nSPS) is 17.9. The van der Waals surface area contributed by atoms with E-state index in [1.54, 1.807) is 12.3 Å². The van der Waals surface area contributed by atoms with Gasteiger partial charge in [-0.05, 0) is 80.5 Å². The van der Waals surface area contributed by atoms with Gasteiger partial charge in [-0.1, -0.05) is 24.3 Å². The molecule has 4 heterocycles. The highest BCUT2D eigenvalue weighted by Crippen LogP contribution is 2.45. The van der Waals surface area contributed by atoms with Gasteiger partial charge in [0.05, 0.1) is 23.5 Å². The number of benzene rings is 1. The number of hydrogen-bond donors (Lipinski definition) is 2. The summed E-state index contributed by atoms with van der Waals surface area (Å²) in [5.41, 5.74) is 5.92. The van der Waals surface area contributed by atoms with E-state index in [2.05, 4.69) is 45.8 Å². The fourth-order valence-corrected chi connectivity index (χ4v) is 4.97. The van der Waals surface area contributed by atoms with Crippen molar-refractivity contribution in [2.24, 2.45) is 0 Å². The highest BCUT2D eigenvalue weighted by Gasteiger charge is 2.43. The predicted molar refractivity (Wildman–Crippen MR) is 134 cm³/mol. The van der Waals surface area contributed by atoms with Crippen LogP contribution in [0.1, 0.15) is 40.3 Å². The minimum absolute atomic E-state index is 0.182. The molecule has 0 saturated carbocycles. The number of pyridine rings is 2. The molecule has 6 nitrogen and oxygen atoms in total. The fraction of sp³-hybridized carbons (Fsp3) is 0.192. The van der Waals surface area contributed by atoms with Crippen LogP contribution in [0, 0.1) is 20.8 Å². The number of thiocarbonyl (C=S) groups is 1. The number of phenols is 1. The number of aromatic nitrogens is 3. The highest BCUT2D eigenvalue weighted by molar-refractivity contribution is 7.80. The Labute approximate surface area is 198 Å². The number of aromatic hydroxyl groups is 1. The third-order valence-electron chi connectivity index (χ3n) is 6.15. The number of hydrogen-bond acceptors (Lipinski definition) is 4. The van der Waals surface area contributed by atoms with Crippen molar-refractivity contribution >= 4 is 23.0 Å². The van der Waals surface area contributed by atoms with Gasteiger partial charge in [0.15, 0.2) is 5.11 Å². The van der Waals surface area contributed by atoms with Crippen LogP contribution in [0.5, 0.6) is 5.75 Å². The third-order valence-corrected chi connectivity index (χ3v) is 6.47. The van der Waals surface area contributed by atoms with E-state index in [0.717, 1.165) is 34.0 Å². The van der Waals surface area contributed by atoms with Crippen LogP contribution in [0.2, 0.25) is 0 Å². The molecular weight excluding hydrogens is 430 g/mol. The Bertz CT molecular complexity index is 1320. The Kier molecular flexibility index (Phi) is 5.34. The lowest BCUT2D eigenvalue weighted by Gasteiger charge is -2.28. The molecule has 3 aromatic heterocycles. The Morgan fingerprint density at radius 3 is 2.45 bits per heavy atom. The maximum absolute atomic E-state index is 10.7. The summed E-state index contributed by atoms with van der Waals surface area (Å²) in [6, 6.07) is 19.1. The first-order valence-electron chi connectivity index (χ1n) is 10.9. The molecule has 1 aliphatic heterocycles. The van der Waals surface area contributed by atoms with Gasteiger partial charge in [-0.25, -0.2) is 4.98 Å². The number of nitrogens with one attached hydrogen (secondary N) is 1. The van der Waals surface area contributed by atoms with Crippen molar-refractivity contribution in [3.63, 3.8) is 0 Å². The zero-order valence-corrected chi connectivity index (χ0v) is 19.5. The summed E-state index contributed by atoms with van der Waals surface area (Å²) >= 11 is 5.78. The van der Waals surface area contributed by atoms with Gasteiger partial charge in [0.1, 0.15) is 11.6 Å². The molecule has 5 rings (SSSR count). The van der Waals surface area contributed by atoms with Crippen molar-refractivity contribution in [3.8, 4) is 11.6 Å². The molecule has 166 valence electrons. The van der Waals surface area contributed by atoms with Crippen molar-refractivity contribution in [1.29, 1.82) is 0 Å². The van der Waals surface area contributed by atoms with Gasteiger partial charge in [-0.3, -0.25) is 4.98 Å². The highest BCUT2D eigenvalue weighted by atomic mass is 32.1. The van der Waals surface area contributed by atoms with Crippen LogP contribution in [-0.2, 0) is 0 Å². The Hall–Kier alpha value is -3.71. The molecule has 1 saturated heterocycles. The first kappa shape index (κ1) is 21.2. The van der Waals surface area contributed by atoms with Crippen LogP contribution < -0.4 is 10.2 Å². The number of phenolic OH excluding ortho intramolecular Hbond substituents is 1. The van der Waals surface area contributed by atoms with Crippen molar-refractivity contribution in [3.05, 3.63) is 101 Å². The molecule has 7 heteroatoms.